The van der Waals surface area contributed by atoms with Gasteiger partial charge in [-0.1, -0.05) is 30.3 Å². The van der Waals surface area contributed by atoms with Gasteiger partial charge in [-0.25, -0.2) is 0 Å². The lowest BCUT2D eigenvalue weighted by molar-refractivity contribution is 0.0938. The first-order chi connectivity index (χ1) is 10.0. The van der Waals surface area contributed by atoms with Crippen molar-refractivity contribution in [1.82, 2.24) is 5.32 Å². The fourth-order valence-corrected chi connectivity index (χ4v) is 2.64. The summed E-state index contributed by atoms with van der Waals surface area (Å²) in [6, 6.07) is 13.2. The zero-order chi connectivity index (χ0) is 15.4. The Morgan fingerprint density at radius 1 is 1.19 bits per heavy atom. The van der Waals surface area contributed by atoms with Crippen molar-refractivity contribution in [2.75, 3.05) is 7.11 Å². The van der Waals surface area contributed by atoms with Crippen molar-refractivity contribution in [1.29, 1.82) is 0 Å². The van der Waals surface area contributed by atoms with Gasteiger partial charge in [0.25, 0.3) is 5.91 Å². The van der Waals surface area contributed by atoms with Crippen LogP contribution in [0, 0.1) is 6.92 Å². The van der Waals surface area contributed by atoms with Crippen LogP contribution in [-0.4, -0.2) is 13.0 Å². The van der Waals surface area contributed by atoms with Gasteiger partial charge in [0.2, 0.25) is 0 Å². The number of ether oxygens (including phenoxy) is 1. The van der Waals surface area contributed by atoms with Gasteiger partial charge in [0.15, 0.2) is 0 Å². The van der Waals surface area contributed by atoms with Gasteiger partial charge >= 0.3 is 0 Å². The van der Waals surface area contributed by atoms with E-state index in [0.717, 1.165) is 21.3 Å². The minimum absolute atomic E-state index is 0.107. The fourth-order valence-electron chi connectivity index (χ4n) is 2.20. The van der Waals surface area contributed by atoms with Crippen molar-refractivity contribution < 1.29 is 9.53 Å². The smallest absolute Gasteiger partial charge is 0.252 e. The number of hydrogen-bond donors (Lipinski definition) is 1. The number of aryl methyl sites for hydroxylation is 1. The summed E-state index contributed by atoms with van der Waals surface area (Å²) in [7, 11) is 1.63. The highest BCUT2D eigenvalue weighted by Gasteiger charge is 2.16. The highest BCUT2D eigenvalue weighted by Crippen LogP contribution is 2.26. The molecular weight excluding hydrogens is 330 g/mol. The molecule has 1 unspecified atom stereocenters. The molecule has 3 nitrogen and oxygen atoms in total. The molecule has 110 valence electrons. The average molecular weight is 348 g/mol. The van der Waals surface area contributed by atoms with Crippen LogP contribution in [0.2, 0.25) is 0 Å². The maximum Gasteiger partial charge on any atom is 0.252 e. The number of halogens is 1. The van der Waals surface area contributed by atoms with E-state index in [2.05, 4.69) is 21.2 Å². The van der Waals surface area contributed by atoms with E-state index in [4.69, 9.17) is 4.74 Å². The molecule has 21 heavy (non-hydrogen) atoms. The van der Waals surface area contributed by atoms with Crippen LogP contribution in [0.4, 0.5) is 0 Å². The van der Waals surface area contributed by atoms with Crippen LogP contribution < -0.4 is 10.1 Å². The summed E-state index contributed by atoms with van der Waals surface area (Å²) in [6.07, 6.45) is 0. The maximum atomic E-state index is 12.4. The highest BCUT2D eigenvalue weighted by atomic mass is 79.9. The summed E-state index contributed by atoms with van der Waals surface area (Å²) in [5.41, 5.74) is 2.63. The van der Waals surface area contributed by atoms with E-state index in [1.54, 1.807) is 13.2 Å². The number of rotatable bonds is 4. The predicted molar refractivity (Wildman–Crippen MR) is 87.8 cm³/mol. The first-order valence-electron chi connectivity index (χ1n) is 6.73. The second-order valence-electron chi connectivity index (χ2n) is 4.87. The van der Waals surface area contributed by atoms with E-state index < -0.39 is 0 Å². The molecule has 2 rings (SSSR count). The third-order valence-corrected chi connectivity index (χ3v) is 4.44. The molecular formula is C17H18BrNO2. The zero-order valence-electron chi connectivity index (χ0n) is 12.3. The summed E-state index contributed by atoms with van der Waals surface area (Å²) in [4.78, 5) is 12.4. The number of carbonyl (C=O) groups excluding carboxylic acids is 1. The largest absolute Gasteiger partial charge is 0.496 e. The Bertz CT molecular complexity index is 655. The Kier molecular flexibility index (Phi) is 5.02. The van der Waals surface area contributed by atoms with Gasteiger partial charge < -0.3 is 10.1 Å². The molecule has 0 aliphatic carbocycles. The van der Waals surface area contributed by atoms with Crippen molar-refractivity contribution in [2.24, 2.45) is 0 Å². The molecule has 1 atom stereocenters. The molecule has 0 radical (unpaired) electrons. The Hall–Kier alpha value is -1.81. The maximum absolute atomic E-state index is 12.4. The number of methoxy groups -OCH3 is 1. The average Bonchev–Trinajstić information content (AvgIpc) is 2.49. The minimum Gasteiger partial charge on any atom is -0.496 e. The molecule has 0 aliphatic rings. The summed E-state index contributed by atoms with van der Waals surface area (Å²) >= 11 is 3.47. The zero-order valence-corrected chi connectivity index (χ0v) is 13.9. The standard InChI is InChI=1S/C17H18BrNO2/c1-11-7-6-9-14(16(11)18)17(20)19-12(2)13-8-4-5-10-15(13)21-3/h4-10,12H,1-3H3,(H,19,20). The third kappa shape index (κ3) is 3.45. The first kappa shape index (κ1) is 15.6. The molecule has 0 bridgehead atoms. The van der Waals surface area contributed by atoms with Gasteiger partial charge in [-0.2, -0.15) is 0 Å². The normalized spacial score (nSPS) is 11.8. The SMILES string of the molecule is COc1ccccc1C(C)NC(=O)c1cccc(C)c1Br. The van der Waals surface area contributed by atoms with Crippen LogP contribution in [0.5, 0.6) is 5.75 Å². The molecule has 4 heteroatoms. The van der Waals surface area contributed by atoms with Gasteiger partial charge in [-0.05, 0) is 47.5 Å². The Morgan fingerprint density at radius 2 is 1.90 bits per heavy atom. The number of nitrogens with one attached hydrogen (secondary N) is 1. The van der Waals surface area contributed by atoms with Gasteiger partial charge in [-0.15, -0.1) is 0 Å². The van der Waals surface area contributed by atoms with Crippen molar-refractivity contribution in [3.05, 3.63) is 63.6 Å². The van der Waals surface area contributed by atoms with Crippen LogP contribution in [-0.2, 0) is 0 Å². The lowest BCUT2D eigenvalue weighted by Gasteiger charge is -2.18. The lowest BCUT2D eigenvalue weighted by Crippen LogP contribution is -2.27. The molecule has 2 aromatic rings. The fraction of sp³-hybridized carbons (Fsp3) is 0.235. The molecule has 1 N–H and O–H groups in total. The molecule has 0 heterocycles. The van der Waals surface area contributed by atoms with Crippen LogP contribution in [0.15, 0.2) is 46.9 Å². The molecule has 0 saturated carbocycles. The van der Waals surface area contributed by atoms with Crippen LogP contribution >= 0.6 is 15.9 Å². The second-order valence-corrected chi connectivity index (χ2v) is 5.67. The molecule has 0 fully saturated rings. The third-order valence-electron chi connectivity index (χ3n) is 3.39. The van der Waals surface area contributed by atoms with E-state index in [0.29, 0.717) is 5.56 Å². The first-order valence-corrected chi connectivity index (χ1v) is 7.52. The number of carbonyl (C=O) groups is 1. The number of benzene rings is 2. The monoisotopic (exact) mass is 347 g/mol. The topological polar surface area (TPSA) is 38.3 Å². The van der Waals surface area contributed by atoms with Crippen molar-refractivity contribution in [3.8, 4) is 5.75 Å². The summed E-state index contributed by atoms with van der Waals surface area (Å²) in [5.74, 6) is 0.664. The quantitative estimate of drug-likeness (QED) is 0.897. The van der Waals surface area contributed by atoms with Crippen molar-refractivity contribution in [3.63, 3.8) is 0 Å². The van der Waals surface area contributed by atoms with E-state index in [-0.39, 0.29) is 11.9 Å². The van der Waals surface area contributed by atoms with E-state index in [1.165, 1.54) is 0 Å². The van der Waals surface area contributed by atoms with Gasteiger partial charge in [0.05, 0.1) is 18.7 Å². The molecule has 0 saturated heterocycles. The van der Waals surface area contributed by atoms with Gasteiger partial charge in [0.1, 0.15) is 5.75 Å². The van der Waals surface area contributed by atoms with Crippen LogP contribution in [0.1, 0.15) is 34.5 Å². The Labute approximate surface area is 133 Å². The number of hydrogen-bond acceptors (Lipinski definition) is 2. The van der Waals surface area contributed by atoms with Gasteiger partial charge in [0, 0.05) is 10.0 Å². The van der Waals surface area contributed by atoms with Crippen molar-refractivity contribution in [2.45, 2.75) is 19.9 Å². The minimum atomic E-state index is -0.138. The van der Waals surface area contributed by atoms with E-state index >= 15 is 0 Å². The summed E-state index contributed by atoms with van der Waals surface area (Å²) < 4.78 is 6.16. The second kappa shape index (κ2) is 6.76. The van der Waals surface area contributed by atoms with E-state index in [1.807, 2.05) is 50.2 Å². The molecule has 0 spiro atoms. The Balaban J connectivity index is 2.21. The molecule has 0 aromatic heterocycles. The van der Waals surface area contributed by atoms with E-state index in [9.17, 15) is 4.79 Å². The highest BCUT2D eigenvalue weighted by molar-refractivity contribution is 9.10. The predicted octanol–water partition coefficient (Wildman–Crippen LogP) is 4.26. The summed E-state index contributed by atoms with van der Waals surface area (Å²) in [5, 5.41) is 3.01. The van der Waals surface area contributed by atoms with Crippen LogP contribution in [0.3, 0.4) is 0 Å². The molecule has 1 amide bonds. The van der Waals surface area contributed by atoms with Gasteiger partial charge in [-0.3, -0.25) is 4.79 Å². The number of amides is 1. The Morgan fingerprint density at radius 3 is 2.62 bits per heavy atom. The summed E-state index contributed by atoms with van der Waals surface area (Å²) in [6.45, 7) is 3.91. The number of para-hydroxylation sites is 1. The molecule has 2 aromatic carbocycles. The van der Waals surface area contributed by atoms with Crippen molar-refractivity contribution >= 4 is 21.8 Å². The van der Waals surface area contributed by atoms with Crippen LogP contribution in [0.25, 0.3) is 0 Å². The molecule has 0 aliphatic heterocycles. The lowest BCUT2D eigenvalue weighted by atomic mass is 10.1.